The molecule has 10 heteroatoms. The molecule has 0 aromatic carbocycles. The summed E-state index contributed by atoms with van der Waals surface area (Å²) in [5.41, 5.74) is -9.53. The Balaban J connectivity index is 3.38. The summed E-state index contributed by atoms with van der Waals surface area (Å²) in [7, 11) is -5.44. The monoisotopic (exact) mass is 260 g/mol. The molecule has 2 nitrogen and oxygen atoms in total. The molecular formula is C5H3F7O2S. The number of alkyl halides is 7. The van der Waals surface area contributed by atoms with Crippen LogP contribution >= 0.6 is 0 Å². The predicted octanol–water partition coefficient (Wildman–Crippen LogP) is 1.62. The summed E-state index contributed by atoms with van der Waals surface area (Å²) < 4.78 is 107. The molecule has 0 N–H and O–H groups in total. The lowest BCUT2D eigenvalue weighted by molar-refractivity contribution is -0.293. The van der Waals surface area contributed by atoms with Gasteiger partial charge in [0.15, 0.2) is 9.84 Å². The van der Waals surface area contributed by atoms with E-state index in [1.165, 1.54) is 0 Å². The second-order valence-corrected chi connectivity index (χ2v) is 5.07. The average molecular weight is 260 g/mol. The van der Waals surface area contributed by atoms with E-state index in [-0.39, 0.29) is 0 Å². The van der Waals surface area contributed by atoms with Crippen LogP contribution in [0.15, 0.2) is 0 Å². The van der Waals surface area contributed by atoms with Gasteiger partial charge < -0.3 is 0 Å². The largest absolute Gasteiger partial charge is 0.429 e. The molecule has 1 rings (SSSR count). The van der Waals surface area contributed by atoms with E-state index in [4.69, 9.17) is 0 Å². The van der Waals surface area contributed by atoms with Crippen LogP contribution in [0.25, 0.3) is 0 Å². The van der Waals surface area contributed by atoms with Crippen molar-refractivity contribution in [1.29, 1.82) is 0 Å². The molecule has 15 heavy (non-hydrogen) atoms. The van der Waals surface area contributed by atoms with Crippen molar-refractivity contribution < 1.29 is 39.2 Å². The second kappa shape index (κ2) is 2.77. The highest BCUT2D eigenvalue weighted by atomic mass is 32.2. The SMILES string of the molecule is O=S1(=O)CC(F)(C(F)(F)F)C(F)(F)C1F. The number of halogens is 7. The maximum Gasteiger partial charge on any atom is 0.429 e. The predicted molar refractivity (Wildman–Crippen MR) is 33.5 cm³/mol. The number of sulfone groups is 1. The maximum absolute atomic E-state index is 12.8. The van der Waals surface area contributed by atoms with Crippen molar-refractivity contribution in [2.75, 3.05) is 5.75 Å². The minimum Gasteiger partial charge on any atom is -0.226 e. The number of hydrogen-bond donors (Lipinski definition) is 0. The van der Waals surface area contributed by atoms with Crippen LogP contribution in [0, 0.1) is 0 Å². The quantitative estimate of drug-likeness (QED) is 0.620. The summed E-state index contributed by atoms with van der Waals surface area (Å²) in [6.07, 6.45) is -6.15. The first-order valence-electron chi connectivity index (χ1n) is 3.35. The highest BCUT2D eigenvalue weighted by Crippen LogP contribution is 2.54. The lowest BCUT2D eigenvalue weighted by Gasteiger charge is -2.27. The normalized spacial score (nSPS) is 39.3. The minimum absolute atomic E-state index is 2.60. The molecule has 0 bridgehead atoms. The van der Waals surface area contributed by atoms with Crippen molar-refractivity contribution in [3.8, 4) is 0 Å². The molecule has 1 fully saturated rings. The van der Waals surface area contributed by atoms with Crippen LogP contribution < -0.4 is 0 Å². The molecule has 2 atom stereocenters. The van der Waals surface area contributed by atoms with E-state index in [1.54, 1.807) is 0 Å². The first-order chi connectivity index (χ1) is 6.36. The summed E-state index contributed by atoms with van der Waals surface area (Å²) in [6, 6.07) is 0. The number of rotatable bonds is 0. The third-order valence-corrected chi connectivity index (χ3v) is 3.70. The molecule has 90 valence electrons. The third kappa shape index (κ3) is 1.41. The molecule has 0 radical (unpaired) electrons. The first-order valence-corrected chi connectivity index (χ1v) is 5.07. The third-order valence-electron chi connectivity index (χ3n) is 1.98. The molecule has 1 heterocycles. The molecule has 0 amide bonds. The zero-order chi connectivity index (χ0) is 12.3. The van der Waals surface area contributed by atoms with Gasteiger partial charge in [-0.2, -0.15) is 22.0 Å². The first kappa shape index (κ1) is 12.5. The molecule has 0 aliphatic carbocycles. The van der Waals surface area contributed by atoms with Gasteiger partial charge in [0.2, 0.25) is 0 Å². The lowest BCUT2D eigenvalue weighted by atomic mass is 10.0. The Hall–Kier alpha value is -0.540. The maximum atomic E-state index is 12.8. The second-order valence-electron chi connectivity index (χ2n) is 3.05. The van der Waals surface area contributed by atoms with Gasteiger partial charge in [0.25, 0.3) is 11.2 Å². The smallest absolute Gasteiger partial charge is 0.226 e. The zero-order valence-corrected chi connectivity index (χ0v) is 7.47. The van der Waals surface area contributed by atoms with Gasteiger partial charge in [-0.25, -0.2) is 17.2 Å². The van der Waals surface area contributed by atoms with Gasteiger partial charge in [-0.1, -0.05) is 0 Å². The summed E-state index contributed by atoms with van der Waals surface area (Å²) >= 11 is 0. The number of hydrogen-bond acceptors (Lipinski definition) is 2. The van der Waals surface area contributed by atoms with Crippen LogP contribution in [0.4, 0.5) is 30.7 Å². The fraction of sp³-hybridized carbons (Fsp3) is 1.00. The van der Waals surface area contributed by atoms with Crippen LogP contribution in [0.1, 0.15) is 0 Å². The van der Waals surface area contributed by atoms with E-state index in [1.807, 2.05) is 0 Å². The molecule has 1 aliphatic rings. The van der Waals surface area contributed by atoms with Gasteiger partial charge in [-0.3, -0.25) is 0 Å². The molecule has 0 saturated carbocycles. The van der Waals surface area contributed by atoms with E-state index in [2.05, 4.69) is 0 Å². The molecular weight excluding hydrogens is 257 g/mol. The molecule has 1 saturated heterocycles. The highest BCUT2D eigenvalue weighted by Gasteiger charge is 2.82. The van der Waals surface area contributed by atoms with Gasteiger partial charge in [0, 0.05) is 0 Å². The van der Waals surface area contributed by atoms with Crippen molar-refractivity contribution >= 4 is 9.84 Å². The van der Waals surface area contributed by atoms with E-state index in [0.29, 0.717) is 0 Å². The zero-order valence-electron chi connectivity index (χ0n) is 6.65. The van der Waals surface area contributed by atoms with Crippen LogP contribution in [0.3, 0.4) is 0 Å². The molecule has 0 spiro atoms. The Bertz CT molecular complexity index is 371. The fourth-order valence-electron chi connectivity index (χ4n) is 1.12. The van der Waals surface area contributed by atoms with Crippen LogP contribution in [0.5, 0.6) is 0 Å². The van der Waals surface area contributed by atoms with Gasteiger partial charge in [0.05, 0.1) is 0 Å². The highest BCUT2D eigenvalue weighted by molar-refractivity contribution is 7.92. The topological polar surface area (TPSA) is 34.1 Å². The van der Waals surface area contributed by atoms with Gasteiger partial charge >= 0.3 is 12.1 Å². The van der Waals surface area contributed by atoms with Gasteiger partial charge in [-0.15, -0.1) is 0 Å². The van der Waals surface area contributed by atoms with Gasteiger partial charge in [0.1, 0.15) is 5.75 Å². The Kier molecular flexibility index (Phi) is 2.31. The van der Waals surface area contributed by atoms with Crippen molar-refractivity contribution in [2.45, 2.75) is 23.3 Å². The molecule has 0 aromatic heterocycles. The van der Waals surface area contributed by atoms with E-state index < -0.39 is 38.9 Å². The molecule has 0 aromatic rings. The van der Waals surface area contributed by atoms with E-state index in [9.17, 15) is 39.2 Å². The lowest BCUT2D eigenvalue weighted by Crippen LogP contribution is -2.55. The van der Waals surface area contributed by atoms with Crippen molar-refractivity contribution in [3.05, 3.63) is 0 Å². The summed E-state index contributed by atoms with van der Waals surface area (Å²) in [4.78, 5) is 0. The van der Waals surface area contributed by atoms with E-state index >= 15 is 0 Å². The van der Waals surface area contributed by atoms with Crippen LogP contribution in [0.2, 0.25) is 0 Å². The fourth-order valence-corrected chi connectivity index (χ4v) is 2.82. The van der Waals surface area contributed by atoms with Crippen LogP contribution in [-0.4, -0.2) is 37.4 Å². The average Bonchev–Trinajstić information content (AvgIpc) is 2.09. The standard InChI is InChI=1S/C5H3F7O2S/c6-2-4(8,9)3(7,5(10,11)12)1-15(2,13)14/h2H,1H2. The summed E-state index contributed by atoms with van der Waals surface area (Å²) in [5, 5.41) is 0. The van der Waals surface area contributed by atoms with Gasteiger partial charge in [-0.05, 0) is 0 Å². The Labute approximate surface area is 79.0 Å². The Morgan fingerprint density at radius 1 is 1.13 bits per heavy atom. The molecule has 1 aliphatic heterocycles. The Morgan fingerprint density at radius 3 is 1.67 bits per heavy atom. The van der Waals surface area contributed by atoms with Crippen molar-refractivity contribution in [1.82, 2.24) is 0 Å². The van der Waals surface area contributed by atoms with E-state index in [0.717, 1.165) is 0 Å². The van der Waals surface area contributed by atoms with Crippen molar-refractivity contribution in [2.24, 2.45) is 0 Å². The Morgan fingerprint density at radius 2 is 1.53 bits per heavy atom. The van der Waals surface area contributed by atoms with Crippen LogP contribution in [-0.2, 0) is 9.84 Å². The summed E-state index contributed by atoms with van der Waals surface area (Å²) in [6.45, 7) is 0. The van der Waals surface area contributed by atoms with Crippen molar-refractivity contribution in [3.63, 3.8) is 0 Å². The molecule has 2 unspecified atom stereocenters. The summed E-state index contributed by atoms with van der Waals surface area (Å²) in [5.74, 6) is -8.22. The minimum atomic E-state index is -6.15.